The van der Waals surface area contributed by atoms with E-state index in [2.05, 4.69) is 25.2 Å². The molecule has 1 N–H and O–H groups in total. The fourth-order valence-corrected chi connectivity index (χ4v) is 3.07. The molecule has 1 aliphatic heterocycles. The highest BCUT2D eigenvalue weighted by Gasteiger charge is 2.16. The van der Waals surface area contributed by atoms with Crippen molar-refractivity contribution in [2.75, 3.05) is 36.5 Å². The van der Waals surface area contributed by atoms with Gasteiger partial charge in [-0.2, -0.15) is 13.9 Å². The highest BCUT2D eigenvalue weighted by molar-refractivity contribution is 5.68. The smallest absolute Gasteiger partial charge is 0.387 e. The van der Waals surface area contributed by atoms with Gasteiger partial charge in [0.25, 0.3) is 0 Å². The summed E-state index contributed by atoms with van der Waals surface area (Å²) in [7, 11) is 0. The maximum absolute atomic E-state index is 14.3. The van der Waals surface area contributed by atoms with Crippen molar-refractivity contribution in [2.45, 2.75) is 6.61 Å². The summed E-state index contributed by atoms with van der Waals surface area (Å²) in [5.41, 5.74) is 0.789. The molecule has 0 aliphatic carbocycles. The van der Waals surface area contributed by atoms with E-state index in [4.69, 9.17) is 4.74 Å². The average molecular weight is 435 g/mol. The van der Waals surface area contributed by atoms with Gasteiger partial charge < -0.3 is 19.7 Å². The lowest BCUT2D eigenvalue weighted by atomic mass is 10.1. The minimum Gasteiger partial charge on any atom is -0.432 e. The van der Waals surface area contributed by atoms with Crippen molar-refractivity contribution in [3.63, 3.8) is 0 Å². The van der Waals surface area contributed by atoms with Crippen LogP contribution in [0.25, 0.3) is 11.1 Å². The Bertz CT molecular complexity index is 1060. The summed E-state index contributed by atoms with van der Waals surface area (Å²) in [6.45, 7) is -0.719. The molecule has 0 bridgehead atoms. The number of halogens is 4. The Morgan fingerprint density at radius 1 is 1.00 bits per heavy atom. The molecule has 1 aromatic carbocycles. The average Bonchev–Trinajstić information content (AvgIpc) is 2.77. The van der Waals surface area contributed by atoms with Gasteiger partial charge in [0.2, 0.25) is 0 Å². The van der Waals surface area contributed by atoms with E-state index in [9.17, 15) is 17.6 Å². The fourth-order valence-electron chi connectivity index (χ4n) is 3.07. The molecule has 7 nitrogen and oxygen atoms in total. The van der Waals surface area contributed by atoms with Gasteiger partial charge in [-0.25, -0.2) is 13.8 Å². The summed E-state index contributed by atoms with van der Waals surface area (Å²) in [6.07, 6.45) is 1.36. The second kappa shape index (κ2) is 9.13. The highest BCUT2D eigenvalue weighted by atomic mass is 19.3. The number of nitrogens with zero attached hydrogens (tertiary/aromatic N) is 4. The predicted molar refractivity (Wildman–Crippen MR) is 105 cm³/mol. The van der Waals surface area contributed by atoms with Gasteiger partial charge in [-0.3, -0.25) is 0 Å². The topological polar surface area (TPSA) is 72.4 Å². The summed E-state index contributed by atoms with van der Waals surface area (Å²) < 4.78 is 62.4. The summed E-state index contributed by atoms with van der Waals surface area (Å²) in [5.74, 6) is -1.37. The third-order valence-corrected chi connectivity index (χ3v) is 4.55. The van der Waals surface area contributed by atoms with Crippen LogP contribution in [-0.2, 0) is 4.74 Å². The zero-order chi connectivity index (χ0) is 21.8. The first kappa shape index (κ1) is 20.8. The monoisotopic (exact) mass is 435 g/mol. The number of nitrogens with one attached hydrogen (secondary N) is 1. The SMILES string of the molecule is Fc1cc(-c2cnnc(Nc3nc(N4CCOCC4)ccc3F)c2)ccc1OC(F)F. The molecule has 31 heavy (non-hydrogen) atoms. The molecule has 0 spiro atoms. The molecule has 0 radical (unpaired) electrons. The van der Waals surface area contributed by atoms with Gasteiger partial charge in [-0.1, -0.05) is 6.07 Å². The van der Waals surface area contributed by atoms with Crippen molar-refractivity contribution < 1.29 is 27.0 Å². The maximum atomic E-state index is 14.3. The molecule has 1 aliphatic rings. The Morgan fingerprint density at radius 3 is 2.55 bits per heavy atom. The molecule has 4 rings (SSSR count). The number of rotatable bonds is 6. The third kappa shape index (κ3) is 5.00. The van der Waals surface area contributed by atoms with Crippen molar-refractivity contribution in [3.05, 3.63) is 54.2 Å². The number of anilines is 3. The van der Waals surface area contributed by atoms with Crippen molar-refractivity contribution in [1.82, 2.24) is 15.2 Å². The molecular weight excluding hydrogens is 418 g/mol. The Morgan fingerprint density at radius 2 is 1.81 bits per heavy atom. The van der Waals surface area contributed by atoms with Crippen LogP contribution in [-0.4, -0.2) is 48.1 Å². The Kier molecular flexibility index (Phi) is 6.12. The van der Waals surface area contributed by atoms with Gasteiger partial charge in [-0.05, 0) is 35.9 Å². The van der Waals surface area contributed by atoms with Crippen molar-refractivity contribution >= 4 is 17.5 Å². The molecule has 11 heteroatoms. The van der Waals surface area contributed by atoms with E-state index < -0.39 is 24.0 Å². The largest absolute Gasteiger partial charge is 0.432 e. The Hall–Kier alpha value is -3.47. The van der Waals surface area contributed by atoms with Crippen LogP contribution < -0.4 is 15.0 Å². The zero-order valence-corrected chi connectivity index (χ0v) is 16.1. The lowest BCUT2D eigenvalue weighted by molar-refractivity contribution is -0.0521. The second-order valence-corrected chi connectivity index (χ2v) is 6.58. The van der Waals surface area contributed by atoms with Gasteiger partial charge in [-0.15, -0.1) is 5.10 Å². The lowest BCUT2D eigenvalue weighted by Crippen LogP contribution is -2.36. The van der Waals surface area contributed by atoms with E-state index in [1.165, 1.54) is 24.4 Å². The second-order valence-electron chi connectivity index (χ2n) is 6.58. The molecule has 1 fully saturated rings. The molecule has 162 valence electrons. The van der Waals surface area contributed by atoms with Gasteiger partial charge in [0.05, 0.1) is 19.4 Å². The molecule has 0 unspecified atom stereocenters. The van der Waals surface area contributed by atoms with Crippen LogP contribution in [0.4, 0.5) is 35.0 Å². The zero-order valence-electron chi connectivity index (χ0n) is 16.1. The van der Waals surface area contributed by atoms with Crippen LogP contribution in [0.5, 0.6) is 5.75 Å². The normalized spacial score (nSPS) is 14.0. The van der Waals surface area contributed by atoms with Crippen LogP contribution in [0, 0.1) is 11.6 Å². The van der Waals surface area contributed by atoms with Crippen molar-refractivity contribution in [2.24, 2.45) is 0 Å². The molecule has 0 saturated carbocycles. The van der Waals surface area contributed by atoms with Gasteiger partial charge in [0.15, 0.2) is 29.0 Å². The molecule has 3 heterocycles. The van der Waals surface area contributed by atoms with E-state index in [-0.39, 0.29) is 11.6 Å². The molecule has 1 saturated heterocycles. The van der Waals surface area contributed by atoms with Crippen molar-refractivity contribution in [3.8, 4) is 16.9 Å². The number of alkyl halides is 2. The summed E-state index contributed by atoms with van der Waals surface area (Å²) in [4.78, 5) is 6.29. The number of hydrogen-bond acceptors (Lipinski definition) is 7. The number of benzene rings is 1. The first-order chi connectivity index (χ1) is 15.0. The van der Waals surface area contributed by atoms with E-state index in [1.807, 2.05) is 4.90 Å². The Balaban J connectivity index is 1.56. The van der Waals surface area contributed by atoms with Gasteiger partial charge in [0.1, 0.15) is 5.82 Å². The minimum absolute atomic E-state index is 0.0395. The molecule has 0 atom stereocenters. The van der Waals surface area contributed by atoms with Gasteiger partial charge >= 0.3 is 6.61 Å². The quantitative estimate of drug-likeness (QED) is 0.587. The third-order valence-electron chi connectivity index (χ3n) is 4.55. The summed E-state index contributed by atoms with van der Waals surface area (Å²) >= 11 is 0. The number of hydrogen-bond donors (Lipinski definition) is 1. The molecule has 0 amide bonds. The van der Waals surface area contributed by atoms with E-state index >= 15 is 0 Å². The summed E-state index contributed by atoms with van der Waals surface area (Å²) in [5, 5.41) is 10.5. The number of morpholine rings is 1. The first-order valence-electron chi connectivity index (χ1n) is 9.33. The summed E-state index contributed by atoms with van der Waals surface area (Å²) in [6, 6.07) is 7.93. The standard InChI is InChI=1S/C20H17F4N5O2/c21-14-2-4-18(29-5-7-30-8-6-29)27-19(14)26-17-10-13(11-25-28-17)12-1-3-16(15(22)9-12)31-20(23)24/h1-4,9-11,20H,5-8H2,(H,26,27,28). The number of pyridine rings is 1. The van der Waals surface area contributed by atoms with Crippen LogP contribution in [0.3, 0.4) is 0 Å². The van der Waals surface area contributed by atoms with Crippen molar-refractivity contribution in [1.29, 1.82) is 0 Å². The first-order valence-corrected chi connectivity index (χ1v) is 9.33. The molecule has 3 aromatic rings. The maximum Gasteiger partial charge on any atom is 0.387 e. The van der Waals surface area contributed by atoms with E-state index in [1.54, 1.807) is 6.07 Å². The predicted octanol–water partition coefficient (Wildman–Crippen LogP) is 4.00. The van der Waals surface area contributed by atoms with Crippen LogP contribution in [0.15, 0.2) is 42.6 Å². The van der Waals surface area contributed by atoms with Crippen LogP contribution >= 0.6 is 0 Å². The molecular formula is C20H17F4N5O2. The lowest BCUT2D eigenvalue weighted by Gasteiger charge is -2.28. The van der Waals surface area contributed by atoms with Crippen LogP contribution in [0.2, 0.25) is 0 Å². The van der Waals surface area contributed by atoms with Gasteiger partial charge in [0, 0.05) is 18.7 Å². The molecule has 2 aromatic heterocycles. The fraction of sp³-hybridized carbons (Fsp3) is 0.250. The highest BCUT2D eigenvalue weighted by Crippen LogP contribution is 2.28. The Labute approximate surface area is 174 Å². The minimum atomic E-state index is -3.13. The van der Waals surface area contributed by atoms with E-state index in [0.29, 0.717) is 43.2 Å². The van der Waals surface area contributed by atoms with Crippen LogP contribution in [0.1, 0.15) is 0 Å². The number of ether oxygens (including phenoxy) is 2. The number of aromatic nitrogens is 3. The van der Waals surface area contributed by atoms with E-state index in [0.717, 1.165) is 12.1 Å².